The van der Waals surface area contributed by atoms with Gasteiger partial charge in [0.2, 0.25) is 5.79 Å². The summed E-state index contributed by atoms with van der Waals surface area (Å²) in [5.74, 6) is -1.66. The van der Waals surface area contributed by atoms with E-state index < -0.39 is 5.79 Å². The maximum atomic E-state index is 9.82. The Bertz CT molecular complexity index is 260. The van der Waals surface area contributed by atoms with E-state index in [0.29, 0.717) is 6.42 Å². The number of aliphatic hydroxyl groups is 2. The molecule has 0 saturated carbocycles. The fourth-order valence-electron chi connectivity index (χ4n) is 1.42. The van der Waals surface area contributed by atoms with Gasteiger partial charge in [-0.25, -0.2) is 0 Å². The summed E-state index contributed by atoms with van der Waals surface area (Å²) in [6.45, 7) is 0.847. The van der Waals surface area contributed by atoms with Gasteiger partial charge < -0.3 is 20.3 Å². The van der Waals surface area contributed by atoms with Crippen LogP contribution in [-0.4, -0.2) is 36.7 Å². The molecule has 1 unspecified atom stereocenters. The van der Waals surface area contributed by atoms with E-state index in [1.165, 1.54) is 13.2 Å². The highest BCUT2D eigenvalue weighted by atomic mass is 16.6. The highest BCUT2D eigenvalue weighted by Gasteiger charge is 2.34. The van der Waals surface area contributed by atoms with Crippen LogP contribution in [0.2, 0.25) is 0 Å². The predicted molar refractivity (Wildman–Crippen MR) is 53.9 cm³/mol. The van der Waals surface area contributed by atoms with Gasteiger partial charge in [0.05, 0.1) is 0 Å². The Morgan fingerprint density at radius 3 is 2.86 bits per heavy atom. The molecule has 1 rings (SSSR count). The molecule has 4 heteroatoms. The third-order valence-corrected chi connectivity index (χ3v) is 2.38. The Labute approximate surface area is 83.9 Å². The fraction of sp³-hybridized carbons (Fsp3) is 0.600. The molecule has 0 aliphatic heterocycles. The van der Waals surface area contributed by atoms with Gasteiger partial charge in [0.15, 0.2) is 5.76 Å². The molecule has 0 fully saturated rings. The van der Waals surface area contributed by atoms with Gasteiger partial charge in [-0.05, 0) is 26.1 Å². The Kier molecular flexibility index (Phi) is 3.69. The fourth-order valence-corrected chi connectivity index (χ4v) is 1.42. The third-order valence-electron chi connectivity index (χ3n) is 2.38. The van der Waals surface area contributed by atoms with Crippen molar-refractivity contribution in [3.8, 4) is 0 Å². The van der Waals surface area contributed by atoms with Crippen LogP contribution < -0.4 is 5.32 Å². The SMILES string of the molecule is CNCCC1=CC=C(O)C(O)(OC)C1. The second-order valence-corrected chi connectivity index (χ2v) is 3.40. The molecule has 0 aromatic rings. The first-order chi connectivity index (χ1) is 6.62. The molecule has 0 heterocycles. The lowest BCUT2D eigenvalue weighted by Gasteiger charge is -2.29. The van der Waals surface area contributed by atoms with Gasteiger partial charge in [-0.1, -0.05) is 11.6 Å². The van der Waals surface area contributed by atoms with Crippen molar-refractivity contribution in [2.24, 2.45) is 0 Å². The zero-order valence-corrected chi connectivity index (χ0v) is 8.58. The molecule has 0 radical (unpaired) electrons. The molecule has 0 aromatic carbocycles. The summed E-state index contributed by atoms with van der Waals surface area (Å²) in [5.41, 5.74) is 1.06. The van der Waals surface area contributed by atoms with Crippen molar-refractivity contribution in [2.75, 3.05) is 20.7 Å². The highest BCUT2D eigenvalue weighted by molar-refractivity contribution is 5.26. The number of hydrogen-bond acceptors (Lipinski definition) is 4. The van der Waals surface area contributed by atoms with Gasteiger partial charge in [0, 0.05) is 13.5 Å². The van der Waals surface area contributed by atoms with Crippen molar-refractivity contribution < 1.29 is 14.9 Å². The van der Waals surface area contributed by atoms with Gasteiger partial charge in [-0.15, -0.1) is 0 Å². The normalized spacial score (nSPS) is 27.1. The van der Waals surface area contributed by atoms with Crippen molar-refractivity contribution in [1.29, 1.82) is 0 Å². The topological polar surface area (TPSA) is 61.7 Å². The molecule has 4 nitrogen and oxygen atoms in total. The quantitative estimate of drug-likeness (QED) is 0.583. The van der Waals surface area contributed by atoms with Crippen molar-refractivity contribution >= 4 is 0 Å². The number of methoxy groups -OCH3 is 1. The predicted octanol–water partition coefficient (Wildman–Crippen LogP) is 0.703. The van der Waals surface area contributed by atoms with E-state index in [2.05, 4.69) is 5.32 Å². The van der Waals surface area contributed by atoms with Crippen molar-refractivity contribution in [3.63, 3.8) is 0 Å². The van der Waals surface area contributed by atoms with Crippen LogP contribution in [0, 0.1) is 0 Å². The molecule has 1 aliphatic carbocycles. The lowest BCUT2D eigenvalue weighted by Crippen LogP contribution is -2.35. The zero-order chi connectivity index (χ0) is 10.6. The number of nitrogens with one attached hydrogen (secondary N) is 1. The minimum atomic E-state index is -1.53. The summed E-state index contributed by atoms with van der Waals surface area (Å²) in [5, 5.41) is 22.2. The average molecular weight is 199 g/mol. The summed E-state index contributed by atoms with van der Waals surface area (Å²) in [6.07, 6.45) is 4.47. The number of aliphatic hydroxyl groups excluding tert-OH is 1. The first kappa shape index (κ1) is 11.2. The minimum absolute atomic E-state index is 0.131. The maximum absolute atomic E-state index is 9.82. The summed E-state index contributed by atoms with van der Waals surface area (Å²) in [6, 6.07) is 0. The minimum Gasteiger partial charge on any atom is -0.507 e. The zero-order valence-electron chi connectivity index (χ0n) is 8.58. The molecule has 3 N–H and O–H groups in total. The van der Waals surface area contributed by atoms with E-state index in [9.17, 15) is 10.2 Å². The van der Waals surface area contributed by atoms with E-state index in [4.69, 9.17) is 4.74 Å². The molecule has 0 aromatic heterocycles. The van der Waals surface area contributed by atoms with Crippen molar-refractivity contribution in [1.82, 2.24) is 5.32 Å². The van der Waals surface area contributed by atoms with Crippen LogP contribution in [0.4, 0.5) is 0 Å². The van der Waals surface area contributed by atoms with Crippen LogP contribution in [0.15, 0.2) is 23.5 Å². The smallest absolute Gasteiger partial charge is 0.228 e. The molecule has 14 heavy (non-hydrogen) atoms. The second-order valence-electron chi connectivity index (χ2n) is 3.40. The summed E-state index contributed by atoms with van der Waals surface area (Å²) in [7, 11) is 3.25. The average Bonchev–Trinajstić information content (AvgIpc) is 2.20. The van der Waals surface area contributed by atoms with E-state index in [1.807, 2.05) is 13.1 Å². The molecule has 0 bridgehead atoms. The van der Waals surface area contributed by atoms with Gasteiger partial charge in [-0.2, -0.15) is 0 Å². The Morgan fingerprint density at radius 2 is 2.29 bits per heavy atom. The van der Waals surface area contributed by atoms with Crippen LogP contribution in [0.25, 0.3) is 0 Å². The second kappa shape index (κ2) is 4.59. The standard InChI is InChI=1S/C10H17NO3/c1-11-6-5-8-3-4-9(12)10(13,7-8)14-2/h3-4,11-13H,5-7H2,1-2H3. The van der Waals surface area contributed by atoms with Gasteiger partial charge in [0.25, 0.3) is 0 Å². The highest BCUT2D eigenvalue weighted by Crippen LogP contribution is 2.29. The van der Waals surface area contributed by atoms with E-state index in [1.54, 1.807) is 0 Å². The summed E-state index contributed by atoms with van der Waals surface area (Å²) < 4.78 is 4.88. The van der Waals surface area contributed by atoms with Crippen LogP contribution in [0.3, 0.4) is 0 Å². The van der Waals surface area contributed by atoms with Crippen LogP contribution >= 0.6 is 0 Å². The number of ether oxygens (including phenoxy) is 1. The first-order valence-corrected chi connectivity index (χ1v) is 4.63. The van der Waals surface area contributed by atoms with Gasteiger partial charge in [-0.3, -0.25) is 0 Å². The Morgan fingerprint density at radius 1 is 1.57 bits per heavy atom. The molecule has 0 amide bonds. The molecule has 0 spiro atoms. The van der Waals surface area contributed by atoms with E-state index >= 15 is 0 Å². The van der Waals surface area contributed by atoms with Crippen LogP contribution in [0.5, 0.6) is 0 Å². The van der Waals surface area contributed by atoms with E-state index in [0.717, 1.165) is 18.5 Å². The molecule has 0 saturated heterocycles. The van der Waals surface area contributed by atoms with E-state index in [-0.39, 0.29) is 5.76 Å². The number of allylic oxidation sites excluding steroid dienone is 2. The van der Waals surface area contributed by atoms with Gasteiger partial charge in [0.1, 0.15) is 0 Å². The first-order valence-electron chi connectivity index (χ1n) is 4.63. The molecule has 1 aliphatic rings. The lowest BCUT2D eigenvalue weighted by molar-refractivity contribution is -0.176. The Hall–Kier alpha value is -0.840. The Balaban J connectivity index is 2.66. The monoisotopic (exact) mass is 199 g/mol. The molecular weight excluding hydrogens is 182 g/mol. The summed E-state index contributed by atoms with van der Waals surface area (Å²) in [4.78, 5) is 0. The lowest BCUT2D eigenvalue weighted by atomic mass is 9.95. The number of hydrogen-bond donors (Lipinski definition) is 3. The molecule has 80 valence electrons. The third kappa shape index (κ3) is 2.35. The largest absolute Gasteiger partial charge is 0.507 e. The maximum Gasteiger partial charge on any atom is 0.228 e. The van der Waals surface area contributed by atoms with Crippen molar-refractivity contribution in [3.05, 3.63) is 23.5 Å². The number of rotatable bonds is 4. The van der Waals surface area contributed by atoms with Gasteiger partial charge >= 0.3 is 0 Å². The molecule has 1 atom stereocenters. The summed E-state index contributed by atoms with van der Waals surface area (Å²) >= 11 is 0. The molecular formula is C10H17NO3. The van der Waals surface area contributed by atoms with Crippen molar-refractivity contribution in [2.45, 2.75) is 18.6 Å². The van der Waals surface area contributed by atoms with Crippen LogP contribution in [-0.2, 0) is 4.74 Å². The van der Waals surface area contributed by atoms with Crippen LogP contribution in [0.1, 0.15) is 12.8 Å².